The van der Waals surface area contributed by atoms with E-state index in [9.17, 15) is 5.11 Å². The summed E-state index contributed by atoms with van der Waals surface area (Å²) in [5, 5.41) is 9.28. The van der Waals surface area contributed by atoms with Gasteiger partial charge in [0.1, 0.15) is 0 Å². The fourth-order valence-electron chi connectivity index (χ4n) is 3.00. The Morgan fingerprint density at radius 3 is 2.40 bits per heavy atom. The first-order valence-electron chi connectivity index (χ1n) is 6.18. The van der Waals surface area contributed by atoms with Crippen molar-refractivity contribution in [2.75, 3.05) is 6.61 Å². The second kappa shape index (κ2) is 3.35. The summed E-state index contributed by atoms with van der Waals surface area (Å²) in [7, 11) is 0. The van der Waals surface area contributed by atoms with Gasteiger partial charge in [0.25, 0.3) is 0 Å². The summed E-state index contributed by atoms with van der Waals surface area (Å²) in [6.45, 7) is 9.60. The van der Waals surface area contributed by atoms with E-state index in [0.29, 0.717) is 12.0 Å². The molecule has 1 heteroatoms. The zero-order chi connectivity index (χ0) is 11.3. The lowest BCUT2D eigenvalue weighted by Crippen LogP contribution is -2.22. The second-order valence-electron chi connectivity index (χ2n) is 6.49. The fourth-order valence-corrected chi connectivity index (χ4v) is 3.00. The van der Waals surface area contributed by atoms with Crippen molar-refractivity contribution in [2.24, 2.45) is 22.7 Å². The van der Waals surface area contributed by atoms with Crippen molar-refractivity contribution in [1.82, 2.24) is 0 Å². The van der Waals surface area contributed by atoms with Gasteiger partial charge in [-0.1, -0.05) is 32.4 Å². The predicted molar refractivity (Wildman–Crippen MR) is 63.6 cm³/mol. The van der Waals surface area contributed by atoms with Gasteiger partial charge in [-0.3, -0.25) is 0 Å². The zero-order valence-electron chi connectivity index (χ0n) is 10.5. The minimum Gasteiger partial charge on any atom is -0.396 e. The third-order valence-corrected chi connectivity index (χ3v) is 5.21. The molecule has 3 atom stereocenters. The van der Waals surface area contributed by atoms with Crippen LogP contribution in [0.3, 0.4) is 0 Å². The molecule has 0 amide bonds. The molecule has 15 heavy (non-hydrogen) atoms. The van der Waals surface area contributed by atoms with E-state index in [1.807, 2.05) is 0 Å². The summed E-state index contributed by atoms with van der Waals surface area (Å²) in [6, 6.07) is 0. The lowest BCUT2D eigenvalue weighted by Gasteiger charge is -2.30. The van der Waals surface area contributed by atoms with E-state index in [2.05, 4.69) is 33.8 Å². The number of aliphatic hydroxyl groups is 1. The summed E-state index contributed by atoms with van der Waals surface area (Å²) < 4.78 is 0. The maximum Gasteiger partial charge on any atom is 0.0487 e. The van der Waals surface area contributed by atoms with Crippen molar-refractivity contribution in [3.8, 4) is 0 Å². The topological polar surface area (TPSA) is 20.2 Å². The maximum atomic E-state index is 9.28. The molecular formula is C14H24O. The van der Waals surface area contributed by atoms with Crippen LogP contribution in [0, 0.1) is 22.7 Å². The first-order valence-corrected chi connectivity index (χ1v) is 6.18. The minimum absolute atomic E-state index is 0.257. The minimum atomic E-state index is 0.257. The normalized spacial score (nSPS) is 42.9. The van der Waals surface area contributed by atoms with E-state index < -0.39 is 0 Å². The molecule has 0 spiro atoms. The van der Waals surface area contributed by atoms with Crippen LogP contribution < -0.4 is 0 Å². The molecule has 86 valence electrons. The monoisotopic (exact) mass is 208 g/mol. The Labute approximate surface area is 93.6 Å². The quantitative estimate of drug-likeness (QED) is 0.705. The number of hydrogen-bond donors (Lipinski definition) is 1. The van der Waals surface area contributed by atoms with Crippen molar-refractivity contribution >= 4 is 0 Å². The highest BCUT2D eigenvalue weighted by Gasteiger charge is 2.51. The largest absolute Gasteiger partial charge is 0.396 e. The van der Waals surface area contributed by atoms with Gasteiger partial charge in [0, 0.05) is 6.61 Å². The average molecular weight is 208 g/mol. The first-order chi connectivity index (χ1) is 6.90. The van der Waals surface area contributed by atoms with E-state index in [1.165, 1.54) is 19.3 Å². The Kier molecular flexibility index (Phi) is 2.50. The highest BCUT2D eigenvalue weighted by molar-refractivity contribution is 5.19. The predicted octanol–water partition coefficient (Wildman–Crippen LogP) is 3.39. The van der Waals surface area contributed by atoms with Crippen LogP contribution in [0.1, 0.15) is 47.0 Å². The molecule has 0 unspecified atom stereocenters. The van der Waals surface area contributed by atoms with Crippen LogP contribution in [0.5, 0.6) is 0 Å². The van der Waals surface area contributed by atoms with Crippen LogP contribution in [-0.4, -0.2) is 11.7 Å². The summed E-state index contributed by atoms with van der Waals surface area (Å²) in [5.41, 5.74) is 2.20. The molecule has 1 nitrogen and oxygen atoms in total. The number of hydrogen-bond acceptors (Lipinski definition) is 1. The van der Waals surface area contributed by atoms with Gasteiger partial charge in [0.15, 0.2) is 0 Å². The molecule has 2 aliphatic rings. The van der Waals surface area contributed by atoms with Crippen molar-refractivity contribution in [2.45, 2.75) is 47.0 Å². The maximum absolute atomic E-state index is 9.28. The molecule has 2 aliphatic carbocycles. The Bertz CT molecular complexity index is 290. The van der Waals surface area contributed by atoms with E-state index in [-0.39, 0.29) is 5.41 Å². The van der Waals surface area contributed by atoms with Crippen molar-refractivity contribution < 1.29 is 5.11 Å². The van der Waals surface area contributed by atoms with Crippen molar-refractivity contribution in [3.05, 3.63) is 11.6 Å². The highest BCUT2D eigenvalue weighted by Crippen LogP contribution is 2.58. The van der Waals surface area contributed by atoms with Crippen LogP contribution in [0.2, 0.25) is 0 Å². The third-order valence-electron chi connectivity index (χ3n) is 5.21. The van der Waals surface area contributed by atoms with E-state index in [4.69, 9.17) is 0 Å². The van der Waals surface area contributed by atoms with Gasteiger partial charge >= 0.3 is 0 Å². The molecule has 0 aromatic carbocycles. The van der Waals surface area contributed by atoms with Crippen LogP contribution >= 0.6 is 0 Å². The lowest BCUT2D eigenvalue weighted by atomic mass is 9.75. The second-order valence-corrected chi connectivity index (χ2v) is 6.49. The Hall–Kier alpha value is -0.300. The van der Waals surface area contributed by atoms with E-state index >= 15 is 0 Å². The van der Waals surface area contributed by atoms with Gasteiger partial charge in [0.05, 0.1) is 0 Å². The molecule has 0 radical (unpaired) electrons. The molecule has 1 saturated carbocycles. The van der Waals surface area contributed by atoms with Crippen LogP contribution in [0.15, 0.2) is 11.6 Å². The molecule has 0 aromatic heterocycles. The van der Waals surface area contributed by atoms with Crippen LogP contribution in [-0.2, 0) is 0 Å². The SMILES string of the molecule is CC1=CC[C@H](C[C@@H]2C[C@@]2(C)CO)C1(C)C. The van der Waals surface area contributed by atoms with Gasteiger partial charge in [-0.25, -0.2) is 0 Å². The Balaban J connectivity index is 1.94. The van der Waals surface area contributed by atoms with Gasteiger partial charge in [-0.05, 0) is 48.9 Å². The highest BCUT2D eigenvalue weighted by atomic mass is 16.3. The third kappa shape index (κ3) is 1.75. The summed E-state index contributed by atoms with van der Waals surface area (Å²) in [4.78, 5) is 0. The molecule has 0 heterocycles. The molecule has 0 aliphatic heterocycles. The van der Waals surface area contributed by atoms with Crippen molar-refractivity contribution in [1.29, 1.82) is 0 Å². The number of allylic oxidation sites excluding steroid dienone is 2. The van der Waals surface area contributed by atoms with Gasteiger partial charge in [-0.2, -0.15) is 0 Å². The molecule has 1 fully saturated rings. The zero-order valence-corrected chi connectivity index (χ0v) is 10.5. The van der Waals surface area contributed by atoms with Crippen molar-refractivity contribution in [3.63, 3.8) is 0 Å². The standard InChI is InChI=1S/C14H24O/c1-10-5-6-11(13(10,2)3)7-12-8-14(12,4)9-15/h5,11-12,15H,6-9H2,1-4H3/t11-,12-,14+/m1/s1. The summed E-state index contributed by atoms with van der Waals surface area (Å²) in [6.07, 6.45) is 6.19. The van der Waals surface area contributed by atoms with E-state index in [1.54, 1.807) is 5.57 Å². The van der Waals surface area contributed by atoms with Crippen LogP contribution in [0.25, 0.3) is 0 Å². The lowest BCUT2D eigenvalue weighted by molar-refractivity contribution is 0.192. The average Bonchev–Trinajstić information content (AvgIpc) is 2.76. The molecule has 2 rings (SSSR count). The Morgan fingerprint density at radius 2 is 2.00 bits per heavy atom. The smallest absolute Gasteiger partial charge is 0.0487 e. The summed E-state index contributed by atoms with van der Waals surface area (Å²) in [5.74, 6) is 1.57. The molecule has 0 saturated heterocycles. The molecular weight excluding hydrogens is 184 g/mol. The fraction of sp³-hybridized carbons (Fsp3) is 0.857. The van der Waals surface area contributed by atoms with Gasteiger partial charge < -0.3 is 5.11 Å². The number of aliphatic hydroxyl groups excluding tert-OH is 1. The first kappa shape index (κ1) is 11.2. The Morgan fingerprint density at radius 1 is 1.33 bits per heavy atom. The van der Waals surface area contributed by atoms with Gasteiger partial charge in [0.2, 0.25) is 0 Å². The van der Waals surface area contributed by atoms with E-state index in [0.717, 1.165) is 11.8 Å². The molecule has 1 N–H and O–H groups in total. The summed E-state index contributed by atoms with van der Waals surface area (Å²) >= 11 is 0. The van der Waals surface area contributed by atoms with Crippen LogP contribution in [0.4, 0.5) is 0 Å². The van der Waals surface area contributed by atoms with Gasteiger partial charge in [-0.15, -0.1) is 0 Å². The molecule has 0 aromatic rings. The molecule has 0 bridgehead atoms. The number of rotatable bonds is 3.